The zero-order valence-corrected chi connectivity index (χ0v) is 11.6. The van der Waals surface area contributed by atoms with Crippen LogP contribution in [0.1, 0.15) is 18.4 Å². The number of fused-ring (bicyclic) bond motifs is 2. The first-order valence-corrected chi connectivity index (χ1v) is 6.98. The maximum atomic E-state index is 12.3. The van der Waals surface area contributed by atoms with E-state index in [4.69, 9.17) is 10.7 Å². The molecule has 0 aliphatic carbocycles. The van der Waals surface area contributed by atoms with Crippen LogP contribution in [0.2, 0.25) is 0 Å². The minimum absolute atomic E-state index is 0.00281. The molecule has 21 heavy (non-hydrogen) atoms. The summed E-state index contributed by atoms with van der Waals surface area (Å²) in [6, 6.07) is 8.91. The van der Waals surface area contributed by atoms with E-state index in [-0.39, 0.29) is 18.0 Å². The minimum Gasteiger partial charge on any atom is -0.309 e. The highest BCUT2D eigenvalue weighted by molar-refractivity contribution is 5.88. The van der Waals surface area contributed by atoms with Gasteiger partial charge in [-0.05, 0) is 18.4 Å². The fourth-order valence-corrected chi connectivity index (χ4v) is 2.89. The van der Waals surface area contributed by atoms with Crippen molar-refractivity contribution < 1.29 is 14.4 Å². The summed E-state index contributed by atoms with van der Waals surface area (Å²) >= 11 is 0. The molecule has 1 aromatic carbocycles. The average molecular weight is 290 g/mol. The third-order valence-electron chi connectivity index (χ3n) is 3.98. The Morgan fingerprint density at radius 3 is 2.81 bits per heavy atom. The number of urea groups is 1. The Bertz CT molecular complexity index is 536. The number of hydroxylamine groups is 2. The quantitative estimate of drug-likeness (QED) is 0.476. The van der Waals surface area contributed by atoms with Crippen molar-refractivity contribution in [2.24, 2.45) is 5.84 Å². The molecule has 112 valence electrons. The van der Waals surface area contributed by atoms with Crippen molar-refractivity contribution in [3.63, 3.8) is 0 Å². The molecule has 3 amide bonds. The van der Waals surface area contributed by atoms with Crippen molar-refractivity contribution in [2.75, 3.05) is 6.54 Å². The van der Waals surface area contributed by atoms with Crippen LogP contribution < -0.4 is 11.3 Å². The molecule has 0 aromatic heterocycles. The Morgan fingerprint density at radius 1 is 1.33 bits per heavy atom. The lowest BCUT2D eigenvalue weighted by atomic mass is 10.0. The number of carbonyl (C=O) groups excluding carboxylic acids is 2. The molecule has 0 spiro atoms. The Kier molecular flexibility index (Phi) is 3.76. The minimum atomic E-state index is -0.496. The highest BCUT2D eigenvalue weighted by Gasteiger charge is 2.47. The number of carbonyl (C=O) groups is 2. The normalized spacial score (nSPS) is 24.3. The molecular weight excluding hydrogens is 272 g/mol. The van der Waals surface area contributed by atoms with E-state index < -0.39 is 6.04 Å². The maximum absolute atomic E-state index is 12.3. The van der Waals surface area contributed by atoms with E-state index in [1.807, 2.05) is 30.3 Å². The first kappa shape index (κ1) is 13.8. The lowest BCUT2D eigenvalue weighted by molar-refractivity contribution is -0.140. The number of rotatable bonds is 4. The van der Waals surface area contributed by atoms with Gasteiger partial charge in [-0.15, -0.1) is 0 Å². The Morgan fingerprint density at radius 2 is 2.10 bits per heavy atom. The molecular formula is C14H18N4O3. The van der Waals surface area contributed by atoms with Gasteiger partial charge in [0, 0.05) is 6.54 Å². The fraction of sp³-hybridized carbons (Fsp3) is 0.429. The molecule has 2 aliphatic rings. The molecule has 2 heterocycles. The van der Waals surface area contributed by atoms with E-state index in [9.17, 15) is 9.59 Å². The van der Waals surface area contributed by atoms with E-state index in [0.717, 1.165) is 12.0 Å². The third-order valence-corrected chi connectivity index (χ3v) is 3.98. The van der Waals surface area contributed by atoms with E-state index in [1.54, 1.807) is 0 Å². The molecule has 2 fully saturated rings. The summed E-state index contributed by atoms with van der Waals surface area (Å²) in [6.45, 7) is 0.844. The fourth-order valence-electron chi connectivity index (χ4n) is 2.89. The van der Waals surface area contributed by atoms with Crippen LogP contribution in [0.25, 0.3) is 0 Å². The first-order chi connectivity index (χ1) is 10.2. The van der Waals surface area contributed by atoms with E-state index in [1.165, 1.54) is 9.96 Å². The molecule has 2 bridgehead atoms. The molecule has 3 rings (SSSR count). The van der Waals surface area contributed by atoms with Crippen LogP contribution in [-0.2, 0) is 16.2 Å². The van der Waals surface area contributed by atoms with Gasteiger partial charge in [0.25, 0.3) is 5.91 Å². The van der Waals surface area contributed by atoms with Gasteiger partial charge in [0.15, 0.2) is 0 Å². The lowest BCUT2D eigenvalue weighted by Gasteiger charge is -2.28. The second-order valence-electron chi connectivity index (χ2n) is 5.28. The van der Waals surface area contributed by atoms with Gasteiger partial charge in [0.05, 0.1) is 6.04 Å². The number of hydrogen-bond donors (Lipinski definition) is 2. The largest absolute Gasteiger partial charge is 0.345 e. The standard InChI is InChI=1S/C14H18N4O3/c15-16-13(19)12-7-6-11-8-17(12)14(20)18(11)21-9-10-4-2-1-3-5-10/h1-5,11-12H,6-9,15H2,(H,16,19)/t11?,12-/m0/s1. The molecule has 2 aliphatic heterocycles. The summed E-state index contributed by atoms with van der Waals surface area (Å²) in [5, 5.41) is 1.40. The smallest absolute Gasteiger partial charge is 0.309 e. The number of hydrazine groups is 1. The predicted molar refractivity (Wildman–Crippen MR) is 74.3 cm³/mol. The number of nitrogens with one attached hydrogen (secondary N) is 1. The van der Waals surface area contributed by atoms with Gasteiger partial charge in [-0.2, -0.15) is 5.06 Å². The molecule has 3 N–H and O–H groups in total. The maximum Gasteiger partial charge on any atom is 0.345 e. The lowest BCUT2D eigenvalue weighted by Crippen LogP contribution is -2.51. The summed E-state index contributed by atoms with van der Waals surface area (Å²) < 4.78 is 0. The monoisotopic (exact) mass is 290 g/mol. The topological polar surface area (TPSA) is 87.9 Å². The Balaban J connectivity index is 1.66. The van der Waals surface area contributed by atoms with Crippen LogP contribution in [0.3, 0.4) is 0 Å². The van der Waals surface area contributed by atoms with Crippen molar-refractivity contribution in [1.29, 1.82) is 0 Å². The number of benzene rings is 1. The van der Waals surface area contributed by atoms with Crippen LogP contribution in [0.15, 0.2) is 30.3 Å². The van der Waals surface area contributed by atoms with E-state index in [0.29, 0.717) is 19.6 Å². The molecule has 1 unspecified atom stereocenters. The van der Waals surface area contributed by atoms with Gasteiger partial charge in [-0.1, -0.05) is 30.3 Å². The number of piperidine rings is 1. The van der Waals surface area contributed by atoms with E-state index in [2.05, 4.69) is 5.43 Å². The molecule has 0 radical (unpaired) electrons. The molecule has 7 nitrogen and oxygen atoms in total. The van der Waals surface area contributed by atoms with Gasteiger partial charge in [-0.25, -0.2) is 10.6 Å². The van der Waals surface area contributed by atoms with Gasteiger partial charge >= 0.3 is 6.03 Å². The molecule has 1 aromatic rings. The molecule has 0 saturated carbocycles. The van der Waals surface area contributed by atoms with Crippen molar-refractivity contribution >= 4 is 11.9 Å². The average Bonchev–Trinajstić information content (AvgIpc) is 2.77. The zero-order valence-electron chi connectivity index (χ0n) is 11.6. The SMILES string of the molecule is NNC(=O)[C@@H]1CCC2CN1C(=O)N2OCc1ccccc1. The summed E-state index contributed by atoms with van der Waals surface area (Å²) in [5.74, 6) is 4.84. The van der Waals surface area contributed by atoms with Crippen LogP contribution >= 0.6 is 0 Å². The van der Waals surface area contributed by atoms with E-state index >= 15 is 0 Å². The Labute approximate surface area is 122 Å². The molecule has 2 atom stereocenters. The highest BCUT2D eigenvalue weighted by atomic mass is 16.7. The number of hydrogen-bond acceptors (Lipinski definition) is 4. The first-order valence-electron chi connectivity index (χ1n) is 6.98. The zero-order chi connectivity index (χ0) is 14.8. The predicted octanol–water partition coefficient (Wildman–Crippen LogP) is 0.377. The summed E-state index contributed by atoms with van der Waals surface area (Å²) in [6.07, 6.45) is 1.33. The van der Waals surface area contributed by atoms with Crippen molar-refractivity contribution in [2.45, 2.75) is 31.5 Å². The van der Waals surface area contributed by atoms with Crippen molar-refractivity contribution in [3.8, 4) is 0 Å². The van der Waals surface area contributed by atoms with Crippen molar-refractivity contribution in [3.05, 3.63) is 35.9 Å². The highest BCUT2D eigenvalue weighted by Crippen LogP contribution is 2.30. The number of amides is 3. The number of nitrogens with zero attached hydrogens (tertiary/aromatic N) is 2. The van der Waals surface area contributed by atoms with Gasteiger partial charge in [-0.3, -0.25) is 15.1 Å². The molecule has 7 heteroatoms. The van der Waals surface area contributed by atoms with Gasteiger partial charge in [0.2, 0.25) is 0 Å². The Hall–Kier alpha value is -2.12. The van der Waals surface area contributed by atoms with Crippen LogP contribution in [-0.4, -0.2) is 40.5 Å². The number of nitrogens with two attached hydrogens (primary N) is 1. The third kappa shape index (κ3) is 2.57. The van der Waals surface area contributed by atoms with Gasteiger partial charge in [0.1, 0.15) is 12.6 Å². The van der Waals surface area contributed by atoms with Gasteiger partial charge < -0.3 is 4.90 Å². The molecule has 2 saturated heterocycles. The van der Waals surface area contributed by atoms with Crippen LogP contribution in [0.4, 0.5) is 4.79 Å². The van der Waals surface area contributed by atoms with Crippen LogP contribution in [0.5, 0.6) is 0 Å². The second-order valence-corrected chi connectivity index (χ2v) is 5.28. The second kappa shape index (κ2) is 5.71. The van der Waals surface area contributed by atoms with Crippen LogP contribution in [0, 0.1) is 0 Å². The summed E-state index contributed by atoms with van der Waals surface area (Å²) in [5.41, 5.74) is 3.12. The summed E-state index contributed by atoms with van der Waals surface area (Å²) in [7, 11) is 0. The summed E-state index contributed by atoms with van der Waals surface area (Å²) in [4.78, 5) is 31.2. The van der Waals surface area contributed by atoms with Crippen molar-refractivity contribution in [1.82, 2.24) is 15.4 Å².